The van der Waals surface area contributed by atoms with Crippen LogP contribution in [0.1, 0.15) is 42.3 Å². The number of aryl methyl sites for hydroxylation is 1. The number of H-pyrrole nitrogens is 1. The van der Waals surface area contributed by atoms with Gasteiger partial charge in [-0.1, -0.05) is 24.3 Å². The van der Waals surface area contributed by atoms with E-state index in [2.05, 4.69) is 10.3 Å². The van der Waals surface area contributed by atoms with Gasteiger partial charge in [0.1, 0.15) is 12.4 Å². The monoisotopic (exact) mass is 405 g/mol. The van der Waals surface area contributed by atoms with Crippen molar-refractivity contribution in [3.63, 3.8) is 0 Å². The molecule has 0 spiro atoms. The Morgan fingerprint density at radius 3 is 2.23 bits per heavy atom. The zero-order chi connectivity index (χ0) is 21.4. The van der Waals surface area contributed by atoms with Crippen LogP contribution in [0.2, 0.25) is 0 Å². The summed E-state index contributed by atoms with van der Waals surface area (Å²) in [6, 6.07) is 11.9. The fourth-order valence-corrected chi connectivity index (χ4v) is 3.41. The van der Waals surface area contributed by atoms with Gasteiger partial charge in [0.2, 0.25) is 5.91 Å². The number of hydrogen-bond acceptors (Lipinski definition) is 4. The molecule has 0 saturated carbocycles. The Morgan fingerprint density at radius 1 is 1.00 bits per heavy atom. The van der Waals surface area contributed by atoms with E-state index in [-0.39, 0.29) is 27.9 Å². The Labute approximate surface area is 170 Å². The van der Waals surface area contributed by atoms with Gasteiger partial charge in [-0.2, -0.15) is 0 Å². The van der Waals surface area contributed by atoms with E-state index >= 15 is 0 Å². The molecule has 0 radical (unpaired) electrons. The summed E-state index contributed by atoms with van der Waals surface area (Å²) in [5.41, 5.74) is 1.04. The van der Waals surface area contributed by atoms with E-state index in [0.717, 1.165) is 4.90 Å². The number of carbonyl (C=O) groups is 4. The van der Waals surface area contributed by atoms with Crippen molar-refractivity contribution in [1.82, 2.24) is 9.88 Å². The summed E-state index contributed by atoms with van der Waals surface area (Å²) >= 11 is 0. The molecule has 7 nitrogen and oxygen atoms in total. The molecule has 8 heteroatoms. The maximum atomic E-state index is 14.0. The highest BCUT2D eigenvalue weighted by atomic mass is 19.1. The van der Waals surface area contributed by atoms with Gasteiger partial charge in [-0.25, -0.2) is 4.39 Å². The molecule has 1 aliphatic rings. The third-order valence-electron chi connectivity index (χ3n) is 4.88. The van der Waals surface area contributed by atoms with Crippen molar-refractivity contribution in [3.8, 4) is 0 Å². The van der Waals surface area contributed by atoms with Crippen LogP contribution in [0.25, 0.3) is 0 Å². The van der Waals surface area contributed by atoms with Crippen LogP contribution in [-0.4, -0.2) is 39.9 Å². The van der Waals surface area contributed by atoms with Gasteiger partial charge < -0.3 is 10.3 Å². The van der Waals surface area contributed by atoms with E-state index < -0.39 is 35.9 Å². The van der Waals surface area contributed by atoms with Gasteiger partial charge in [0.25, 0.3) is 11.8 Å². The summed E-state index contributed by atoms with van der Waals surface area (Å²) in [5.74, 6) is -3.04. The highest BCUT2D eigenvalue weighted by molar-refractivity contribution is 6.23. The van der Waals surface area contributed by atoms with Gasteiger partial charge in [-0.15, -0.1) is 0 Å². The first-order valence-corrected chi connectivity index (χ1v) is 9.10. The van der Waals surface area contributed by atoms with Gasteiger partial charge in [0.15, 0.2) is 5.78 Å². The van der Waals surface area contributed by atoms with Crippen molar-refractivity contribution in [1.29, 1.82) is 0 Å². The lowest BCUT2D eigenvalue weighted by molar-refractivity contribution is -0.116. The number of carbonyl (C=O) groups excluding carboxylic acids is 4. The van der Waals surface area contributed by atoms with Crippen LogP contribution in [0.15, 0.2) is 54.7 Å². The fraction of sp³-hybridized carbons (Fsp3) is 0.0909. The quantitative estimate of drug-likeness (QED) is 0.504. The highest BCUT2D eigenvalue weighted by Crippen LogP contribution is 2.25. The lowest BCUT2D eigenvalue weighted by Gasteiger charge is -2.14. The fourth-order valence-electron chi connectivity index (χ4n) is 3.41. The number of ketones is 1. The second kappa shape index (κ2) is 7.40. The van der Waals surface area contributed by atoms with Crippen LogP contribution in [0.3, 0.4) is 0 Å². The Hall–Kier alpha value is -4.07. The zero-order valence-electron chi connectivity index (χ0n) is 15.9. The second-order valence-corrected chi connectivity index (χ2v) is 6.80. The largest absolute Gasteiger partial charge is 0.363 e. The second-order valence-electron chi connectivity index (χ2n) is 6.80. The lowest BCUT2D eigenvalue weighted by atomic mass is 10.0. The van der Waals surface area contributed by atoms with Gasteiger partial charge in [0.05, 0.1) is 27.9 Å². The molecule has 150 valence electrons. The molecule has 0 fully saturated rings. The molecule has 0 aliphatic carbocycles. The summed E-state index contributed by atoms with van der Waals surface area (Å²) in [6.07, 6.45) is 1.41. The molecule has 2 N–H and O–H groups in total. The molecule has 2 heterocycles. The zero-order valence-corrected chi connectivity index (χ0v) is 15.9. The SMILES string of the molecule is Cc1[nH]cc(NC(=O)CN2C(=O)c3ccccc3C2=O)c1C(=O)c1ccccc1F. The summed E-state index contributed by atoms with van der Waals surface area (Å²) in [7, 11) is 0. The summed E-state index contributed by atoms with van der Waals surface area (Å²) in [5, 5.41) is 2.54. The van der Waals surface area contributed by atoms with E-state index in [9.17, 15) is 23.6 Å². The number of nitrogens with zero attached hydrogens (tertiary/aromatic N) is 1. The van der Waals surface area contributed by atoms with Crippen LogP contribution in [-0.2, 0) is 4.79 Å². The Bertz CT molecular complexity index is 1180. The number of benzene rings is 2. The third kappa shape index (κ3) is 3.18. The first-order chi connectivity index (χ1) is 14.4. The standard InChI is InChI=1S/C22H16FN3O4/c1-12-19(20(28)15-8-4-5-9-16(15)23)17(10-24-12)25-18(27)11-26-21(29)13-6-2-3-7-14(13)22(26)30/h2-10,24H,11H2,1H3,(H,25,27). The predicted octanol–water partition coefficient (Wildman–Crippen LogP) is 2.93. The first-order valence-electron chi connectivity index (χ1n) is 9.10. The number of amides is 3. The van der Waals surface area contributed by atoms with E-state index in [1.54, 1.807) is 25.1 Å². The number of hydrogen-bond donors (Lipinski definition) is 2. The summed E-state index contributed by atoms with van der Waals surface area (Å²) in [6.45, 7) is 1.11. The van der Waals surface area contributed by atoms with Crippen molar-refractivity contribution >= 4 is 29.2 Å². The maximum Gasteiger partial charge on any atom is 0.262 e. The molecule has 30 heavy (non-hydrogen) atoms. The molecule has 3 amide bonds. The molecular formula is C22H16FN3O4. The van der Waals surface area contributed by atoms with Crippen molar-refractivity contribution < 1.29 is 23.6 Å². The minimum absolute atomic E-state index is 0.107. The number of imide groups is 1. The van der Waals surface area contributed by atoms with Crippen molar-refractivity contribution in [3.05, 3.63) is 88.5 Å². The van der Waals surface area contributed by atoms with E-state index in [1.807, 2.05) is 0 Å². The highest BCUT2D eigenvalue weighted by Gasteiger charge is 2.36. The molecule has 4 rings (SSSR count). The predicted molar refractivity (Wildman–Crippen MR) is 106 cm³/mol. The normalized spacial score (nSPS) is 12.8. The minimum Gasteiger partial charge on any atom is -0.363 e. The molecule has 3 aromatic rings. The van der Waals surface area contributed by atoms with Crippen molar-refractivity contribution in [2.45, 2.75) is 6.92 Å². The molecule has 0 unspecified atom stereocenters. The first kappa shape index (κ1) is 19.3. The van der Waals surface area contributed by atoms with Crippen molar-refractivity contribution in [2.75, 3.05) is 11.9 Å². The Kier molecular flexibility index (Phi) is 4.75. The van der Waals surface area contributed by atoms with Gasteiger partial charge in [0, 0.05) is 11.9 Å². The van der Waals surface area contributed by atoms with Gasteiger partial charge in [-0.3, -0.25) is 24.1 Å². The Morgan fingerprint density at radius 2 is 1.60 bits per heavy atom. The molecule has 1 aliphatic heterocycles. The van der Waals surface area contributed by atoms with Gasteiger partial charge in [-0.05, 0) is 31.2 Å². The maximum absolute atomic E-state index is 14.0. The molecule has 1 aromatic heterocycles. The average molecular weight is 405 g/mol. The average Bonchev–Trinajstić information content (AvgIpc) is 3.21. The van der Waals surface area contributed by atoms with Crippen molar-refractivity contribution in [2.24, 2.45) is 0 Å². The summed E-state index contributed by atoms with van der Waals surface area (Å²) in [4.78, 5) is 53.9. The van der Waals surface area contributed by atoms with Crippen LogP contribution in [0.5, 0.6) is 0 Å². The van der Waals surface area contributed by atoms with E-state index in [4.69, 9.17) is 0 Å². The smallest absolute Gasteiger partial charge is 0.262 e. The molecule has 0 saturated heterocycles. The third-order valence-corrected chi connectivity index (χ3v) is 4.88. The lowest BCUT2D eigenvalue weighted by Crippen LogP contribution is -2.37. The molecule has 0 bridgehead atoms. The number of rotatable bonds is 5. The van der Waals surface area contributed by atoms with Crippen LogP contribution >= 0.6 is 0 Å². The van der Waals surface area contributed by atoms with Crippen LogP contribution < -0.4 is 5.32 Å². The number of anilines is 1. The molecule has 0 atom stereocenters. The van der Waals surface area contributed by atoms with E-state index in [0.29, 0.717) is 5.69 Å². The number of aromatic amines is 1. The van der Waals surface area contributed by atoms with Crippen LogP contribution in [0, 0.1) is 12.7 Å². The molecular weight excluding hydrogens is 389 g/mol. The Balaban J connectivity index is 1.54. The van der Waals surface area contributed by atoms with Crippen LogP contribution in [0.4, 0.5) is 10.1 Å². The number of halogens is 1. The number of fused-ring (bicyclic) bond motifs is 1. The number of nitrogens with one attached hydrogen (secondary N) is 2. The molecule has 2 aromatic carbocycles. The topological polar surface area (TPSA) is 99.3 Å². The van der Waals surface area contributed by atoms with E-state index in [1.165, 1.54) is 36.5 Å². The van der Waals surface area contributed by atoms with Gasteiger partial charge >= 0.3 is 0 Å². The summed E-state index contributed by atoms with van der Waals surface area (Å²) < 4.78 is 14.0. The minimum atomic E-state index is -0.675. The number of aromatic nitrogens is 1.